The second-order valence-electron chi connectivity index (χ2n) is 4.05. The van der Waals surface area contributed by atoms with Gasteiger partial charge < -0.3 is 10.1 Å². The molecule has 0 saturated carbocycles. The minimum absolute atomic E-state index is 0.173. The molecule has 0 bridgehead atoms. The van der Waals surface area contributed by atoms with E-state index in [9.17, 15) is 9.18 Å². The zero-order valence-electron chi connectivity index (χ0n) is 10.9. The number of nitrogens with zero attached hydrogens (tertiary/aromatic N) is 1. The normalized spacial score (nSPS) is 10.7. The molecule has 0 saturated heterocycles. The highest BCUT2D eigenvalue weighted by Crippen LogP contribution is 2.18. The van der Waals surface area contributed by atoms with Gasteiger partial charge in [-0.1, -0.05) is 6.07 Å². The maximum atomic E-state index is 13.4. The number of hydrogen-bond donors (Lipinski definition) is 2. The molecule has 0 atom stereocenters. The Balaban J connectivity index is 1.91. The lowest BCUT2D eigenvalue weighted by Gasteiger charge is -2.02. The first-order valence-electron chi connectivity index (χ1n) is 5.96. The summed E-state index contributed by atoms with van der Waals surface area (Å²) in [5.74, 6) is -0.553. The molecular weight excluding hydrogens is 261 g/mol. The monoisotopic (exact) mass is 275 g/mol. The Kier molecular flexibility index (Phi) is 4.49. The van der Waals surface area contributed by atoms with Crippen molar-refractivity contribution in [3.05, 3.63) is 53.6 Å². The standard InChI is InChI=1S/C14H14FN3O2/c1-20-13-4-2-10(6-12(13)15)3-5-14(19)16-7-11-8-17-18-9-11/h2-6,8-9H,7H2,1H3,(H,16,19)(H,17,18)/b5-3+. The SMILES string of the molecule is COc1ccc(/C=C/C(=O)NCc2cn[nH]c2)cc1F. The van der Waals surface area contributed by atoms with E-state index in [0.717, 1.165) is 5.56 Å². The molecule has 20 heavy (non-hydrogen) atoms. The van der Waals surface area contributed by atoms with Crippen molar-refractivity contribution in [3.8, 4) is 5.75 Å². The highest BCUT2D eigenvalue weighted by atomic mass is 19.1. The van der Waals surface area contributed by atoms with Crippen LogP contribution in [0.3, 0.4) is 0 Å². The van der Waals surface area contributed by atoms with Crippen LogP contribution in [-0.4, -0.2) is 23.2 Å². The van der Waals surface area contributed by atoms with Gasteiger partial charge in [0.25, 0.3) is 0 Å². The minimum Gasteiger partial charge on any atom is -0.494 e. The van der Waals surface area contributed by atoms with E-state index >= 15 is 0 Å². The Morgan fingerprint density at radius 1 is 1.55 bits per heavy atom. The third-order valence-electron chi connectivity index (χ3n) is 2.62. The summed E-state index contributed by atoms with van der Waals surface area (Å²) in [6.07, 6.45) is 6.21. The van der Waals surface area contributed by atoms with Crippen LogP contribution in [0.25, 0.3) is 6.08 Å². The molecule has 104 valence electrons. The Labute approximate surface area is 115 Å². The Hall–Kier alpha value is -2.63. The fourth-order valence-corrected chi connectivity index (χ4v) is 1.58. The smallest absolute Gasteiger partial charge is 0.244 e. The van der Waals surface area contributed by atoms with Crippen molar-refractivity contribution in [2.75, 3.05) is 7.11 Å². The summed E-state index contributed by atoms with van der Waals surface area (Å²) >= 11 is 0. The molecule has 2 aromatic rings. The van der Waals surface area contributed by atoms with E-state index in [0.29, 0.717) is 12.1 Å². The number of nitrogens with one attached hydrogen (secondary N) is 2. The lowest BCUT2D eigenvalue weighted by atomic mass is 10.2. The third kappa shape index (κ3) is 3.68. The fraction of sp³-hybridized carbons (Fsp3) is 0.143. The van der Waals surface area contributed by atoms with Gasteiger partial charge >= 0.3 is 0 Å². The molecule has 0 spiro atoms. The molecule has 2 N–H and O–H groups in total. The van der Waals surface area contributed by atoms with Crippen LogP contribution < -0.4 is 10.1 Å². The van der Waals surface area contributed by atoms with Gasteiger partial charge in [0.15, 0.2) is 11.6 Å². The Morgan fingerprint density at radius 3 is 3.05 bits per heavy atom. The number of hydrogen-bond acceptors (Lipinski definition) is 3. The summed E-state index contributed by atoms with van der Waals surface area (Å²) in [7, 11) is 1.40. The number of aromatic nitrogens is 2. The largest absolute Gasteiger partial charge is 0.494 e. The summed E-state index contributed by atoms with van der Waals surface area (Å²) in [6.45, 7) is 0.386. The summed E-state index contributed by atoms with van der Waals surface area (Å²) in [4.78, 5) is 11.6. The molecule has 0 aliphatic rings. The van der Waals surface area contributed by atoms with Crippen molar-refractivity contribution in [3.63, 3.8) is 0 Å². The van der Waals surface area contributed by atoms with Crippen molar-refractivity contribution in [2.24, 2.45) is 0 Å². The van der Waals surface area contributed by atoms with Crippen LogP contribution >= 0.6 is 0 Å². The maximum absolute atomic E-state index is 13.4. The number of aromatic amines is 1. The first-order valence-corrected chi connectivity index (χ1v) is 5.96. The van der Waals surface area contributed by atoms with E-state index in [1.54, 1.807) is 18.5 Å². The highest BCUT2D eigenvalue weighted by molar-refractivity contribution is 5.91. The molecule has 0 radical (unpaired) electrons. The molecule has 0 fully saturated rings. The number of amides is 1. The second-order valence-corrected chi connectivity index (χ2v) is 4.05. The summed E-state index contributed by atoms with van der Waals surface area (Å²) < 4.78 is 18.3. The van der Waals surface area contributed by atoms with Gasteiger partial charge in [-0.25, -0.2) is 4.39 Å². The highest BCUT2D eigenvalue weighted by Gasteiger charge is 2.02. The summed E-state index contributed by atoms with van der Waals surface area (Å²) in [6, 6.07) is 4.48. The summed E-state index contributed by atoms with van der Waals surface area (Å²) in [5, 5.41) is 9.12. The Bertz CT molecular complexity index is 609. The molecule has 1 aromatic carbocycles. The number of ether oxygens (including phenoxy) is 1. The lowest BCUT2D eigenvalue weighted by Crippen LogP contribution is -2.19. The first kappa shape index (κ1) is 13.8. The number of rotatable bonds is 5. The van der Waals surface area contributed by atoms with Gasteiger partial charge in [0.1, 0.15) is 0 Å². The van der Waals surface area contributed by atoms with Gasteiger partial charge in [0.2, 0.25) is 5.91 Å². The molecule has 1 heterocycles. The first-order chi connectivity index (χ1) is 9.69. The number of methoxy groups -OCH3 is 1. The van der Waals surface area contributed by atoms with Gasteiger partial charge in [-0.2, -0.15) is 5.10 Å². The predicted octanol–water partition coefficient (Wildman–Crippen LogP) is 1.89. The molecule has 0 aliphatic heterocycles. The predicted molar refractivity (Wildman–Crippen MR) is 72.4 cm³/mol. The number of carbonyl (C=O) groups is 1. The molecule has 6 heteroatoms. The molecular formula is C14H14FN3O2. The third-order valence-corrected chi connectivity index (χ3v) is 2.62. The van der Waals surface area contributed by atoms with Crippen molar-refractivity contribution < 1.29 is 13.9 Å². The number of halogens is 1. The number of benzene rings is 1. The van der Waals surface area contributed by atoms with E-state index in [-0.39, 0.29) is 11.7 Å². The molecule has 0 aliphatic carbocycles. The van der Waals surface area contributed by atoms with Gasteiger partial charge in [0, 0.05) is 24.4 Å². The van der Waals surface area contributed by atoms with E-state index in [1.807, 2.05) is 0 Å². The quantitative estimate of drug-likeness (QED) is 0.819. The maximum Gasteiger partial charge on any atom is 0.244 e. The molecule has 2 rings (SSSR count). The fourth-order valence-electron chi connectivity index (χ4n) is 1.58. The second kappa shape index (κ2) is 6.51. The Morgan fingerprint density at radius 2 is 2.40 bits per heavy atom. The van der Waals surface area contributed by atoms with Gasteiger partial charge in [-0.05, 0) is 23.8 Å². The average molecular weight is 275 g/mol. The molecule has 1 aromatic heterocycles. The minimum atomic E-state index is -0.464. The average Bonchev–Trinajstić information content (AvgIpc) is 2.96. The van der Waals surface area contributed by atoms with Crippen molar-refractivity contribution in [1.29, 1.82) is 0 Å². The molecule has 0 unspecified atom stereocenters. The van der Waals surface area contributed by atoms with E-state index in [2.05, 4.69) is 15.5 Å². The van der Waals surface area contributed by atoms with Crippen LogP contribution in [-0.2, 0) is 11.3 Å². The van der Waals surface area contributed by atoms with Crippen molar-refractivity contribution >= 4 is 12.0 Å². The van der Waals surface area contributed by atoms with Crippen LogP contribution in [0.5, 0.6) is 5.75 Å². The zero-order chi connectivity index (χ0) is 14.4. The van der Waals surface area contributed by atoms with E-state index in [4.69, 9.17) is 4.74 Å². The number of carbonyl (C=O) groups excluding carboxylic acids is 1. The van der Waals surface area contributed by atoms with Gasteiger partial charge in [-0.3, -0.25) is 9.89 Å². The van der Waals surface area contributed by atoms with Gasteiger partial charge in [0.05, 0.1) is 13.3 Å². The van der Waals surface area contributed by atoms with Gasteiger partial charge in [-0.15, -0.1) is 0 Å². The van der Waals surface area contributed by atoms with Crippen LogP contribution in [0.2, 0.25) is 0 Å². The molecule has 5 nitrogen and oxygen atoms in total. The van der Waals surface area contributed by atoms with Crippen molar-refractivity contribution in [1.82, 2.24) is 15.5 Å². The van der Waals surface area contributed by atoms with E-state index in [1.165, 1.54) is 31.4 Å². The van der Waals surface area contributed by atoms with Crippen LogP contribution in [0.1, 0.15) is 11.1 Å². The van der Waals surface area contributed by atoms with Crippen LogP contribution in [0, 0.1) is 5.82 Å². The molecule has 1 amide bonds. The van der Waals surface area contributed by atoms with Crippen molar-refractivity contribution in [2.45, 2.75) is 6.54 Å². The lowest BCUT2D eigenvalue weighted by molar-refractivity contribution is -0.116. The number of H-pyrrole nitrogens is 1. The van der Waals surface area contributed by atoms with Crippen LogP contribution in [0.4, 0.5) is 4.39 Å². The topological polar surface area (TPSA) is 67.0 Å². The van der Waals surface area contributed by atoms with Crippen LogP contribution in [0.15, 0.2) is 36.7 Å². The summed E-state index contributed by atoms with van der Waals surface area (Å²) in [5.41, 5.74) is 1.46. The zero-order valence-corrected chi connectivity index (χ0v) is 10.9. The van der Waals surface area contributed by atoms with E-state index < -0.39 is 5.82 Å².